The average molecular weight is 566 g/mol. The maximum Gasteiger partial charge on any atom is 0.338 e. The number of esters is 1. The molecular weight excluding hydrogens is 538 g/mol. The van der Waals surface area contributed by atoms with E-state index < -0.39 is 12.0 Å². The van der Waals surface area contributed by atoms with E-state index in [0.717, 1.165) is 11.1 Å². The van der Waals surface area contributed by atoms with Crippen LogP contribution < -0.4 is 24.4 Å². The summed E-state index contributed by atoms with van der Waals surface area (Å²) >= 11 is 1.25. The summed E-state index contributed by atoms with van der Waals surface area (Å²) in [5.41, 5.74) is 3.55. The molecule has 206 valence electrons. The van der Waals surface area contributed by atoms with Gasteiger partial charge in [0.25, 0.3) is 5.56 Å². The molecule has 0 spiro atoms. The number of nitriles is 1. The largest absolute Gasteiger partial charge is 0.493 e. The van der Waals surface area contributed by atoms with E-state index >= 15 is 0 Å². The molecule has 0 radical (unpaired) electrons. The third-order valence-electron chi connectivity index (χ3n) is 6.75. The topological polar surface area (TPSA) is 103 Å². The molecule has 0 saturated heterocycles. The summed E-state index contributed by atoms with van der Waals surface area (Å²) in [6.45, 7) is 2.16. The van der Waals surface area contributed by atoms with Crippen molar-refractivity contribution in [3.05, 3.63) is 126 Å². The highest BCUT2D eigenvalue weighted by Crippen LogP contribution is 2.33. The van der Waals surface area contributed by atoms with Crippen LogP contribution in [0.25, 0.3) is 6.08 Å². The average Bonchev–Trinajstić information content (AvgIpc) is 3.33. The Kier molecular flexibility index (Phi) is 8.13. The number of rotatable bonds is 8. The first-order valence-electron chi connectivity index (χ1n) is 13.0. The number of hydrogen-bond donors (Lipinski definition) is 0. The number of allylic oxidation sites excluding steroid dienone is 1. The summed E-state index contributed by atoms with van der Waals surface area (Å²) in [6, 6.07) is 23.5. The summed E-state index contributed by atoms with van der Waals surface area (Å²) in [6.07, 6.45) is 2.26. The van der Waals surface area contributed by atoms with Crippen molar-refractivity contribution in [2.45, 2.75) is 26.0 Å². The second kappa shape index (κ2) is 12.1. The molecule has 1 atom stereocenters. The van der Waals surface area contributed by atoms with Gasteiger partial charge in [-0.1, -0.05) is 72.9 Å². The first-order valence-corrected chi connectivity index (χ1v) is 13.8. The van der Waals surface area contributed by atoms with E-state index in [1.807, 2.05) is 61.5 Å². The molecule has 3 aromatic carbocycles. The lowest BCUT2D eigenvalue weighted by atomic mass is 9.95. The zero-order valence-electron chi connectivity index (χ0n) is 22.8. The molecule has 0 aliphatic carbocycles. The van der Waals surface area contributed by atoms with Crippen LogP contribution in [-0.2, 0) is 16.1 Å². The molecule has 41 heavy (non-hydrogen) atoms. The SMILES string of the molecule is CCC1=C(C(=O)OC)[C@@H](c2ccccc2)n2c(s/c(=C/c3cccc(OC)c3OCc3ccc(C#N)cc3)c2=O)=N1. The van der Waals surface area contributed by atoms with Crippen LogP contribution in [-0.4, -0.2) is 24.8 Å². The minimum Gasteiger partial charge on any atom is -0.493 e. The lowest BCUT2D eigenvalue weighted by Gasteiger charge is -2.25. The monoisotopic (exact) mass is 565 g/mol. The lowest BCUT2D eigenvalue weighted by Crippen LogP contribution is -2.40. The van der Waals surface area contributed by atoms with Gasteiger partial charge in [0, 0.05) is 5.56 Å². The van der Waals surface area contributed by atoms with E-state index in [1.165, 1.54) is 18.4 Å². The molecule has 0 amide bonds. The fourth-order valence-corrected chi connectivity index (χ4v) is 5.76. The lowest BCUT2D eigenvalue weighted by molar-refractivity contribution is -0.136. The number of carbonyl (C=O) groups excluding carboxylic acids is 1. The molecular formula is C32H27N3O5S. The molecule has 5 rings (SSSR count). The van der Waals surface area contributed by atoms with Gasteiger partial charge >= 0.3 is 5.97 Å². The molecule has 9 heteroatoms. The van der Waals surface area contributed by atoms with Gasteiger partial charge in [0.1, 0.15) is 6.61 Å². The summed E-state index contributed by atoms with van der Waals surface area (Å²) in [4.78, 5) is 32.2. The Balaban J connectivity index is 1.63. The van der Waals surface area contributed by atoms with Gasteiger partial charge in [-0.2, -0.15) is 5.26 Å². The van der Waals surface area contributed by atoms with Crippen molar-refractivity contribution < 1.29 is 19.0 Å². The van der Waals surface area contributed by atoms with Crippen LogP contribution in [0.1, 0.15) is 41.6 Å². The van der Waals surface area contributed by atoms with Crippen molar-refractivity contribution in [2.75, 3.05) is 14.2 Å². The number of para-hydroxylation sites is 1. The third-order valence-corrected chi connectivity index (χ3v) is 7.73. The molecule has 0 bridgehead atoms. The van der Waals surface area contributed by atoms with Gasteiger partial charge in [-0.3, -0.25) is 9.36 Å². The molecule has 0 N–H and O–H groups in total. The Morgan fingerprint density at radius 3 is 2.49 bits per heavy atom. The van der Waals surface area contributed by atoms with Gasteiger partial charge in [-0.15, -0.1) is 0 Å². The maximum atomic E-state index is 14.0. The Labute approximate surface area is 240 Å². The van der Waals surface area contributed by atoms with Gasteiger partial charge in [0.15, 0.2) is 16.3 Å². The molecule has 1 aromatic heterocycles. The first-order chi connectivity index (χ1) is 20.0. The highest BCUT2D eigenvalue weighted by molar-refractivity contribution is 7.07. The fraction of sp³-hybridized carbons (Fsp3) is 0.188. The van der Waals surface area contributed by atoms with E-state index in [2.05, 4.69) is 6.07 Å². The molecule has 1 aliphatic heterocycles. The number of benzene rings is 3. The number of carbonyl (C=O) groups is 1. The minimum atomic E-state index is -0.672. The van der Waals surface area contributed by atoms with Crippen LogP contribution >= 0.6 is 11.3 Å². The number of fused-ring (bicyclic) bond motifs is 1. The minimum absolute atomic E-state index is 0.241. The van der Waals surface area contributed by atoms with Crippen molar-refractivity contribution in [1.82, 2.24) is 4.57 Å². The fourth-order valence-electron chi connectivity index (χ4n) is 4.75. The third kappa shape index (κ3) is 5.42. The predicted octanol–water partition coefficient (Wildman–Crippen LogP) is 4.26. The molecule has 1 aliphatic rings. The molecule has 4 aromatic rings. The van der Waals surface area contributed by atoms with E-state index in [9.17, 15) is 9.59 Å². The van der Waals surface area contributed by atoms with Gasteiger partial charge in [-0.05, 0) is 41.8 Å². The quantitative estimate of drug-likeness (QED) is 0.296. The first kappa shape index (κ1) is 27.6. The van der Waals surface area contributed by atoms with Crippen molar-refractivity contribution >= 4 is 23.4 Å². The molecule has 0 saturated carbocycles. The molecule has 2 heterocycles. The van der Waals surface area contributed by atoms with E-state index in [0.29, 0.717) is 49.7 Å². The van der Waals surface area contributed by atoms with Crippen molar-refractivity contribution in [3.63, 3.8) is 0 Å². The van der Waals surface area contributed by atoms with Crippen LogP contribution in [0, 0.1) is 11.3 Å². The predicted molar refractivity (Wildman–Crippen MR) is 155 cm³/mol. The summed E-state index contributed by atoms with van der Waals surface area (Å²) < 4.78 is 18.9. The van der Waals surface area contributed by atoms with E-state index in [-0.39, 0.29) is 12.2 Å². The number of methoxy groups -OCH3 is 2. The van der Waals surface area contributed by atoms with Gasteiger partial charge in [0.2, 0.25) is 0 Å². The van der Waals surface area contributed by atoms with Crippen molar-refractivity contribution in [3.8, 4) is 17.6 Å². The molecule has 0 unspecified atom stereocenters. The Hall–Kier alpha value is -4.94. The second-order valence-electron chi connectivity index (χ2n) is 9.17. The summed E-state index contributed by atoms with van der Waals surface area (Å²) in [5.74, 6) is 0.484. The van der Waals surface area contributed by atoms with Crippen LogP contribution in [0.15, 0.2) is 93.9 Å². The number of nitrogens with zero attached hydrogens (tertiary/aromatic N) is 3. The van der Waals surface area contributed by atoms with Crippen LogP contribution in [0.5, 0.6) is 11.5 Å². The standard InChI is InChI=1S/C32H27N3O5S/c1-4-24-27(31(37)39-3)28(22-9-6-5-7-10-22)35-30(36)26(41-32(35)34-24)17-23-11-8-12-25(38-2)29(23)40-19-21-15-13-20(18-33)14-16-21/h5-17,28H,4,19H2,1-3H3/b26-17+/t28-/m1/s1. The van der Waals surface area contributed by atoms with Gasteiger partial charge < -0.3 is 14.2 Å². The van der Waals surface area contributed by atoms with E-state index in [1.54, 1.807) is 36.0 Å². The number of thiazole rings is 1. The van der Waals surface area contributed by atoms with Crippen molar-refractivity contribution in [1.29, 1.82) is 5.26 Å². The highest BCUT2D eigenvalue weighted by atomic mass is 32.1. The zero-order valence-corrected chi connectivity index (χ0v) is 23.6. The number of hydrogen-bond acceptors (Lipinski definition) is 8. The van der Waals surface area contributed by atoms with Crippen LogP contribution in [0.3, 0.4) is 0 Å². The van der Waals surface area contributed by atoms with Gasteiger partial charge in [-0.25, -0.2) is 9.79 Å². The van der Waals surface area contributed by atoms with E-state index in [4.69, 9.17) is 24.5 Å². The summed E-state index contributed by atoms with van der Waals surface area (Å²) in [7, 11) is 2.89. The number of ether oxygens (including phenoxy) is 3. The zero-order chi connectivity index (χ0) is 28.9. The van der Waals surface area contributed by atoms with Gasteiger partial charge in [0.05, 0.1) is 47.7 Å². The number of aromatic nitrogens is 1. The maximum absolute atomic E-state index is 14.0. The Morgan fingerprint density at radius 1 is 1.07 bits per heavy atom. The van der Waals surface area contributed by atoms with Crippen LogP contribution in [0.4, 0.5) is 0 Å². The Morgan fingerprint density at radius 2 is 1.83 bits per heavy atom. The summed E-state index contributed by atoms with van der Waals surface area (Å²) in [5, 5.41) is 9.07. The van der Waals surface area contributed by atoms with Crippen molar-refractivity contribution in [2.24, 2.45) is 4.99 Å². The van der Waals surface area contributed by atoms with Crippen LogP contribution in [0.2, 0.25) is 0 Å². The Bertz CT molecular complexity index is 1850. The molecule has 0 fully saturated rings. The second-order valence-corrected chi connectivity index (χ2v) is 10.2. The smallest absolute Gasteiger partial charge is 0.338 e. The highest BCUT2D eigenvalue weighted by Gasteiger charge is 2.33. The molecule has 8 nitrogen and oxygen atoms in total. The normalized spacial score (nSPS) is 14.6.